The Bertz CT molecular complexity index is 3570. The van der Waals surface area contributed by atoms with E-state index in [1.807, 2.05) is 88.3 Å². The lowest BCUT2D eigenvalue weighted by molar-refractivity contribution is 1.09. The van der Waals surface area contributed by atoms with E-state index in [1.54, 1.807) is 0 Å². The third-order valence-corrected chi connectivity index (χ3v) is 13.4. The highest BCUT2D eigenvalue weighted by Crippen LogP contribution is 2.36. The molecule has 362 valence electrons. The fourth-order valence-electron chi connectivity index (χ4n) is 9.43. The van der Waals surface area contributed by atoms with Crippen LogP contribution < -0.4 is 19.9 Å². The molecule has 0 saturated carbocycles. The molecule has 0 bridgehead atoms. The SMILES string of the molecule is C(=N\N(c1ccccc1)c1ccc2ccccc2c1)/c1ccc(N(c2ccc(/C=N/N(c3ccccc3)c3ccc4ccccc4c3)cc2)c2ccc(/C=N/N(c3ccccc3)c3ccc4ccccc4c3)cc2)cc1. The van der Waals surface area contributed by atoms with Crippen molar-refractivity contribution in [3.63, 3.8) is 0 Å². The van der Waals surface area contributed by atoms with Crippen LogP contribution in [0.2, 0.25) is 0 Å². The van der Waals surface area contributed by atoms with Gasteiger partial charge in [-0.05, 0) is 158 Å². The molecule has 0 amide bonds. The summed E-state index contributed by atoms with van der Waals surface area (Å²) in [5, 5.41) is 28.2. The van der Waals surface area contributed by atoms with Crippen molar-refractivity contribution >= 4 is 102 Å². The molecule has 0 aliphatic rings. The molecular weight excluding hydrogens is 927 g/mol. The monoisotopic (exact) mass is 977 g/mol. The molecular formula is C69H51N7. The van der Waals surface area contributed by atoms with Gasteiger partial charge in [0, 0.05) is 17.1 Å². The third kappa shape index (κ3) is 10.4. The maximum Gasteiger partial charge on any atom is 0.0659 e. The van der Waals surface area contributed by atoms with Crippen molar-refractivity contribution in [1.82, 2.24) is 0 Å². The van der Waals surface area contributed by atoms with Crippen molar-refractivity contribution in [2.75, 3.05) is 19.9 Å². The summed E-state index contributed by atoms with van der Waals surface area (Å²) in [4.78, 5) is 2.27. The van der Waals surface area contributed by atoms with Gasteiger partial charge in [-0.1, -0.05) is 182 Å². The summed E-state index contributed by atoms with van der Waals surface area (Å²) in [6.07, 6.45) is 5.77. The Balaban J connectivity index is 0.865. The van der Waals surface area contributed by atoms with E-state index < -0.39 is 0 Å². The molecule has 0 fully saturated rings. The number of hydrogen-bond donors (Lipinski definition) is 0. The van der Waals surface area contributed by atoms with Gasteiger partial charge in [-0.2, -0.15) is 15.3 Å². The lowest BCUT2D eigenvalue weighted by Gasteiger charge is -2.26. The summed E-state index contributed by atoms with van der Waals surface area (Å²) in [5.74, 6) is 0. The van der Waals surface area contributed by atoms with Crippen LogP contribution in [0.3, 0.4) is 0 Å². The van der Waals surface area contributed by atoms with Gasteiger partial charge in [0.05, 0.1) is 52.8 Å². The molecule has 7 heteroatoms. The Hall–Kier alpha value is -10.4. The first-order valence-electron chi connectivity index (χ1n) is 25.4. The third-order valence-electron chi connectivity index (χ3n) is 13.4. The van der Waals surface area contributed by atoms with Gasteiger partial charge in [-0.3, -0.25) is 0 Å². The summed E-state index contributed by atoms with van der Waals surface area (Å²) in [5.41, 5.74) is 11.7. The van der Waals surface area contributed by atoms with Gasteiger partial charge >= 0.3 is 0 Å². The summed E-state index contributed by atoms with van der Waals surface area (Å²) in [6.45, 7) is 0. The highest BCUT2D eigenvalue weighted by atomic mass is 15.5. The summed E-state index contributed by atoms with van der Waals surface area (Å²) < 4.78 is 0. The van der Waals surface area contributed by atoms with Gasteiger partial charge in [-0.15, -0.1) is 0 Å². The molecule has 7 nitrogen and oxygen atoms in total. The van der Waals surface area contributed by atoms with Crippen LogP contribution in [0.15, 0.2) is 306 Å². The van der Waals surface area contributed by atoms with Gasteiger partial charge < -0.3 is 4.90 Å². The number of fused-ring (bicyclic) bond motifs is 3. The number of hydrazone groups is 3. The summed E-state index contributed by atoms with van der Waals surface area (Å²) >= 11 is 0. The zero-order chi connectivity index (χ0) is 50.9. The van der Waals surface area contributed by atoms with E-state index in [4.69, 9.17) is 15.3 Å². The molecule has 0 aromatic heterocycles. The van der Waals surface area contributed by atoms with Gasteiger partial charge in [-0.25, -0.2) is 15.0 Å². The molecule has 0 heterocycles. The zero-order valence-electron chi connectivity index (χ0n) is 41.6. The Kier molecular flexibility index (Phi) is 13.4. The summed E-state index contributed by atoms with van der Waals surface area (Å²) in [7, 11) is 0. The average Bonchev–Trinajstić information content (AvgIpc) is 3.50. The smallest absolute Gasteiger partial charge is 0.0659 e. The zero-order valence-corrected chi connectivity index (χ0v) is 41.6. The number of para-hydroxylation sites is 3. The Labute approximate surface area is 443 Å². The van der Waals surface area contributed by atoms with Crippen molar-refractivity contribution in [3.8, 4) is 0 Å². The molecule has 0 unspecified atom stereocenters. The van der Waals surface area contributed by atoms with Crippen LogP contribution in [0.1, 0.15) is 16.7 Å². The lowest BCUT2D eigenvalue weighted by Crippen LogP contribution is -2.11. The van der Waals surface area contributed by atoms with E-state index in [0.29, 0.717) is 0 Å². The minimum Gasteiger partial charge on any atom is -0.311 e. The fraction of sp³-hybridized carbons (Fsp3) is 0. The van der Waals surface area contributed by atoms with Crippen molar-refractivity contribution in [1.29, 1.82) is 0 Å². The number of anilines is 9. The minimum absolute atomic E-state index is 0.965. The van der Waals surface area contributed by atoms with E-state index in [2.05, 4.69) is 241 Å². The first-order chi connectivity index (χ1) is 37.6. The van der Waals surface area contributed by atoms with Crippen molar-refractivity contribution in [2.45, 2.75) is 0 Å². The van der Waals surface area contributed by atoms with Crippen LogP contribution in [-0.4, -0.2) is 18.6 Å². The second-order valence-electron chi connectivity index (χ2n) is 18.4. The second-order valence-corrected chi connectivity index (χ2v) is 18.4. The largest absolute Gasteiger partial charge is 0.311 e. The lowest BCUT2D eigenvalue weighted by atomic mass is 10.1. The molecule has 76 heavy (non-hydrogen) atoms. The van der Waals surface area contributed by atoms with Crippen molar-refractivity contribution in [2.24, 2.45) is 15.3 Å². The topological polar surface area (TPSA) is 50.0 Å². The van der Waals surface area contributed by atoms with Gasteiger partial charge in [0.1, 0.15) is 0 Å². The van der Waals surface area contributed by atoms with E-state index in [9.17, 15) is 0 Å². The summed E-state index contributed by atoms with van der Waals surface area (Å²) in [6, 6.07) is 101. The normalized spacial score (nSPS) is 11.5. The number of nitrogens with zero attached hydrogens (tertiary/aromatic N) is 7. The van der Waals surface area contributed by atoms with E-state index in [-0.39, 0.29) is 0 Å². The molecule has 0 aliphatic carbocycles. The quantitative estimate of drug-likeness (QED) is 0.0759. The fourth-order valence-corrected chi connectivity index (χ4v) is 9.43. The minimum atomic E-state index is 0.965. The first kappa shape index (κ1) is 46.7. The molecule has 0 atom stereocenters. The number of benzene rings is 12. The predicted molar refractivity (Wildman–Crippen MR) is 321 cm³/mol. The number of rotatable bonds is 15. The van der Waals surface area contributed by atoms with Gasteiger partial charge in [0.25, 0.3) is 0 Å². The van der Waals surface area contributed by atoms with Gasteiger partial charge in [0.15, 0.2) is 0 Å². The average molecular weight is 978 g/mol. The van der Waals surface area contributed by atoms with Crippen LogP contribution in [-0.2, 0) is 0 Å². The molecule has 12 aromatic carbocycles. The second kappa shape index (κ2) is 21.8. The van der Waals surface area contributed by atoms with E-state index in [0.717, 1.165) is 84.0 Å². The highest BCUT2D eigenvalue weighted by molar-refractivity contribution is 5.92. The maximum absolute atomic E-state index is 5.08. The molecule has 0 saturated heterocycles. The highest BCUT2D eigenvalue weighted by Gasteiger charge is 2.15. The molecule has 0 spiro atoms. The van der Waals surface area contributed by atoms with Crippen LogP contribution in [0.5, 0.6) is 0 Å². The van der Waals surface area contributed by atoms with Crippen molar-refractivity contribution < 1.29 is 0 Å². The Morgan fingerprint density at radius 2 is 0.434 bits per heavy atom. The standard InChI is InChI=1S/C69H51N7/c1-4-22-64(23-5-1)74(67-43-34-55-16-10-13-19-58(55)46-67)70-49-52-28-37-61(38-29-52)73(62-39-30-53(31-40-62)50-71-75(65-24-6-2-7-25-65)68-44-35-56-17-11-14-20-59(56)47-68)63-41-32-54(33-42-63)51-72-76(66-26-8-3-9-27-66)69-45-36-57-18-12-15-21-60(57)48-69/h1-51H/b70-49+,71-50+,72-51+. The van der Waals surface area contributed by atoms with Crippen LogP contribution in [0.4, 0.5) is 51.2 Å². The molecule has 0 aliphatic heterocycles. The Morgan fingerprint density at radius 3 is 0.711 bits per heavy atom. The first-order valence-corrected chi connectivity index (χ1v) is 25.4. The Morgan fingerprint density at radius 1 is 0.197 bits per heavy atom. The number of hydrogen-bond acceptors (Lipinski definition) is 7. The molecule has 12 rings (SSSR count). The molecule has 0 radical (unpaired) electrons. The van der Waals surface area contributed by atoms with E-state index in [1.165, 1.54) is 16.2 Å². The van der Waals surface area contributed by atoms with Crippen LogP contribution >= 0.6 is 0 Å². The predicted octanol–water partition coefficient (Wildman–Crippen LogP) is 18.1. The van der Waals surface area contributed by atoms with Crippen LogP contribution in [0, 0.1) is 0 Å². The molecule has 0 N–H and O–H groups in total. The van der Waals surface area contributed by atoms with Crippen LogP contribution in [0.25, 0.3) is 32.3 Å². The maximum atomic E-state index is 5.08. The van der Waals surface area contributed by atoms with E-state index >= 15 is 0 Å². The van der Waals surface area contributed by atoms with Gasteiger partial charge in [0.2, 0.25) is 0 Å². The van der Waals surface area contributed by atoms with Crippen molar-refractivity contribution in [3.05, 3.63) is 308 Å². The molecule has 12 aromatic rings.